The van der Waals surface area contributed by atoms with Crippen molar-refractivity contribution in [1.82, 2.24) is 0 Å². The second-order valence-corrected chi connectivity index (χ2v) is 14.0. The summed E-state index contributed by atoms with van der Waals surface area (Å²) >= 11 is 0. The fourth-order valence-electron chi connectivity index (χ4n) is 9.28. The van der Waals surface area contributed by atoms with Crippen molar-refractivity contribution in [3.63, 3.8) is 0 Å². The van der Waals surface area contributed by atoms with Crippen LogP contribution in [0, 0.1) is 33.5 Å². The molecule has 11 atom stereocenters. The average Bonchev–Trinajstić information content (AvgIpc) is 3.53. The van der Waals surface area contributed by atoms with E-state index in [4.69, 9.17) is 4.74 Å². The molecular weight excluding hydrogens is 504 g/mol. The first-order valence-corrected chi connectivity index (χ1v) is 14.0. The number of Topliss-reactive ketones (excluding diaryl/α,β-unsaturated/α-hetero) is 1. The molecule has 216 valence electrons. The normalized spacial score (nSPS) is 48.4. The minimum absolute atomic E-state index is 0.144. The number of carbonyl (C=O) groups is 3. The van der Waals surface area contributed by atoms with Gasteiger partial charge in [-0.25, -0.2) is 0 Å². The van der Waals surface area contributed by atoms with Crippen LogP contribution >= 0.6 is 0 Å². The van der Waals surface area contributed by atoms with E-state index in [0.29, 0.717) is 19.3 Å². The van der Waals surface area contributed by atoms with E-state index in [1.54, 1.807) is 13.0 Å². The number of fused-ring (bicyclic) bond motifs is 3. The minimum atomic E-state index is -1.80. The van der Waals surface area contributed by atoms with Gasteiger partial charge in [-0.2, -0.15) is 0 Å². The lowest BCUT2D eigenvalue weighted by Gasteiger charge is -2.62. The zero-order valence-electron chi connectivity index (χ0n) is 23.7. The van der Waals surface area contributed by atoms with E-state index < -0.39 is 62.7 Å². The van der Waals surface area contributed by atoms with Gasteiger partial charge in [-0.1, -0.05) is 33.8 Å². The molecule has 0 aromatic heterocycles. The Morgan fingerprint density at radius 3 is 2.44 bits per heavy atom. The maximum Gasteiger partial charge on any atom is 0.306 e. The van der Waals surface area contributed by atoms with Gasteiger partial charge < -0.3 is 30.3 Å². The first kappa shape index (κ1) is 28.6. The summed E-state index contributed by atoms with van der Waals surface area (Å²) in [5, 5.41) is 53.7. The summed E-state index contributed by atoms with van der Waals surface area (Å²) in [6, 6.07) is 0. The summed E-state index contributed by atoms with van der Waals surface area (Å²) in [6.45, 7) is 10.1. The van der Waals surface area contributed by atoms with Crippen LogP contribution in [0.25, 0.3) is 0 Å². The molecule has 0 bridgehead atoms. The molecule has 4 aliphatic carbocycles. The van der Waals surface area contributed by atoms with Gasteiger partial charge in [0.1, 0.15) is 11.4 Å². The Hall–Kier alpha value is -1.91. The molecule has 5 aliphatic rings. The molecule has 0 aromatic carbocycles. The van der Waals surface area contributed by atoms with Crippen LogP contribution in [0.4, 0.5) is 0 Å². The van der Waals surface area contributed by atoms with Gasteiger partial charge in [0.25, 0.3) is 0 Å². The number of hydrogen-bond acceptors (Lipinski definition) is 8. The topological polar surface area (TPSA) is 165 Å². The number of aliphatic hydroxyl groups excluding tert-OH is 3. The van der Waals surface area contributed by atoms with Crippen molar-refractivity contribution in [1.29, 1.82) is 0 Å². The van der Waals surface area contributed by atoms with Crippen molar-refractivity contribution >= 4 is 17.5 Å². The van der Waals surface area contributed by atoms with Crippen LogP contribution < -0.4 is 0 Å². The van der Waals surface area contributed by atoms with Gasteiger partial charge in [-0.15, -0.1) is 0 Å². The number of rotatable bonds is 7. The van der Waals surface area contributed by atoms with E-state index in [1.807, 2.05) is 13.8 Å². The van der Waals surface area contributed by atoms with Crippen LogP contribution in [0.15, 0.2) is 23.3 Å². The molecule has 1 heterocycles. The summed E-state index contributed by atoms with van der Waals surface area (Å²) in [4.78, 5) is 38.3. The SMILES string of the molecule is CC(CC(=O)CC(C)(O)C1=CC(O)C2(C)C1(C)C(=O)C=C1C3(C)CCC(O)C(C)(CO)C3CC3OC132)C(=O)O. The Bertz CT molecular complexity index is 1200. The Labute approximate surface area is 228 Å². The lowest BCUT2D eigenvalue weighted by molar-refractivity contribution is -0.151. The summed E-state index contributed by atoms with van der Waals surface area (Å²) in [6.07, 6.45) is 1.88. The second kappa shape index (κ2) is 8.32. The maximum absolute atomic E-state index is 14.2. The first-order chi connectivity index (χ1) is 17.9. The molecule has 1 spiro atoms. The van der Waals surface area contributed by atoms with Crippen LogP contribution in [0.3, 0.4) is 0 Å². The number of carboxylic acids is 1. The molecule has 1 aliphatic heterocycles. The van der Waals surface area contributed by atoms with E-state index in [2.05, 4.69) is 6.92 Å². The molecule has 0 radical (unpaired) electrons. The minimum Gasteiger partial charge on any atom is -0.481 e. The molecule has 3 fully saturated rings. The van der Waals surface area contributed by atoms with Crippen LogP contribution in [0.5, 0.6) is 0 Å². The molecule has 9 heteroatoms. The molecule has 5 N–H and O–H groups in total. The van der Waals surface area contributed by atoms with Crippen molar-refractivity contribution in [3.05, 3.63) is 23.3 Å². The fraction of sp³-hybridized carbons (Fsp3) is 0.767. The van der Waals surface area contributed by atoms with E-state index in [0.717, 1.165) is 5.57 Å². The van der Waals surface area contributed by atoms with E-state index in [9.17, 15) is 39.9 Å². The molecule has 0 amide bonds. The van der Waals surface area contributed by atoms with Crippen molar-refractivity contribution in [2.45, 2.75) is 103 Å². The van der Waals surface area contributed by atoms with Gasteiger partial charge in [0.2, 0.25) is 0 Å². The van der Waals surface area contributed by atoms with Gasteiger partial charge in [0.15, 0.2) is 5.78 Å². The monoisotopic (exact) mass is 546 g/mol. The lowest BCUT2D eigenvalue weighted by Crippen LogP contribution is -2.67. The molecule has 9 nitrogen and oxygen atoms in total. The molecule has 0 aromatic rings. The van der Waals surface area contributed by atoms with Gasteiger partial charge >= 0.3 is 5.97 Å². The Balaban J connectivity index is 1.57. The van der Waals surface area contributed by atoms with Crippen LogP contribution in [0.1, 0.15) is 73.6 Å². The number of carboxylic acid groups (broad SMARTS) is 1. The van der Waals surface area contributed by atoms with E-state index >= 15 is 0 Å². The molecule has 39 heavy (non-hydrogen) atoms. The van der Waals surface area contributed by atoms with Gasteiger partial charge in [0.05, 0.1) is 41.9 Å². The van der Waals surface area contributed by atoms with Crippen molar-refractivity contribution in [2.75, 3.05) is 6.61 Å². The van der Waals surface area contributed by atoms with Crippen LogP contribution in [-0.4, -0.2) is 79.2 Å². The molecule has 1 saturated heterocycles. The van der Waals surface area contributed by atoms with Crippen molar-refractivity contribution in [2.24, 2.45) is 33.5 Å². The van der Waals surface area contributed by atoms with Crippen LogP contribution in [-0.2, 0) is 19.1 Å². The largest absolute Gasteiger partial charge is 0.481 e. The second-order valence-electron chi connectivity index (χ2n) is 14.0. The summed E-state index contributed by atoms with van der Waals surface area (Å²) < 4.78 is 6.53. The fourth-order valence-corrected chi connectivity index (χ4v) is 9.28. The highest BCUT2D eigenvalue weighted by Crippen LogP contribution is 2.79. The van der Waals surface area contributed by atoms with Crippen molar-refractivity contribution < 1.29 is 44.7 Å². The highest BCUT2D eigenvalue weighted by Gasteiger charge is 2.85. The third-order valence-corrected chi connectivity index (χ3v) is 11.9. The highest BCUT2D eigenvalue weighted by molar-refractivity contribution is 6.02. The Morgan fingerprint density at radius 2 is 1.85 bits per heavy atom. The van der Waals surface area contributed by atoms with E-state index in [-0.39, 0.29) is 42.8 Å². The third kappa shape index (κ3) is 3.28. The number of aliphatic carboxylic acids is 1. The number of allylic oxidation sites excluding steroid dienone is 1. The number of aliphatic hydroxyl groups is 4. The molecule has 5 rings (SSSR count). The Kier molecular flexibility index (Phi) is 6.10. The molecular formula is C30H42O9. The van der Waals surface area contributed by atoms with Crippen LogP contribution in [0.2, 0.25) is 0 Å². The number of epoxide rings is 1. The summed E-state index contributed by atoms with van der Waals surface area (Å²) in [5.41, 5.74) is -5.63. The zero-order valence-corrected chi connectivity index (χ0v) is 23.7. The third-order valence-electron chi connectivity index (χ3n) is 11.9. The molecule has 11 unspecified atom stereocenters. The van der Waals surface area contributed by atoms with Gasteiger partial charge in [-0.05, 0) is 61.7 Å². The highest BCUT2D eigenvalue weighted by atomic mass is 16.6. The Morgan fingerprint density at radius 1 is 1.21 bits per heavy atom. The predicted molar refractivity (Wildman–Crippen MR) is 139 cm³/mol. The lowest BCUT2D eigenvalue weighted by atomic mass is 9.40. The zero-order chi connectivity index (χ0) is 29.1. The number of hydrogen-bond donors (Lipinski definition) is 5. The quantitative estimate of drug-likeness (QED) is 0.237. The number of ether oxygens (including phenoxy) is 1. The maximum atomic E-state index is 14.2. The van der Waals surface area contributed by atoms with Gasteiger partial charge in [-0.3, -0.25) is 14.4 Å². The summed E-state index contributed by atoms with van der Waals surface area (Å²) in [7, 11) is 0. The number of ketones is 2. The number of carbonyl (C=O) groups excluding carboxylic acids is 2. The van der Waals surface area contributed by atoms with E-state index in [1.165, 1.54) is 19.9 Å². The van der Waals surface area contributed by atoms with Gasteiger partial charge in [0, 0.05) is 23.7 Å². The summed E-state index contributed by atoms with van der Waals surface area (Å²) in [5.74, 6) is -2.90. The van der Waals surface area contributed by atoms with Crippen molar-refractivity contribution in [3.8, 4) is 0 Å². The first-order valence-electron chi connectivity index (χ1n) is 14.0. The average molecular weight is 547 g/mol. The standard InChI is InChI=1S/C30H42O9/c1-15(24(36)37)9-16(32)13-27(4,38)19-11-22(35)29(6)28(19,5)21(34)10-18-25(2)8-7-20(33)26(3,14-31)17(25)12-23-30(18,29)39-23/h10-11,15,17,20,22-23,31,33,35,38H,7-9,12-14H2,1-6H3,(H,36,37). The molecule has 2 saturated carbocycles. The predicted octanol–water partition coefficient (Wildman–Crippen LogP) is 1.95. The smallest absolute Gasteiger partial charge is 0.306 e.